The Morgan fingerprint density at radius 3 is 2.68 bits per heavy atom. The second-order valence-corrected chi connectivity index (χ2v) is 5.00. The molecule has 2 rings (SSSR count). The lowest BCUT2D eigenvalue weighted by Crippen LogP contribution is -2.44. The van der Waals surface area contributed by atoms with E-state index >= 15 is 0 Å². The maximum absolute atomic E-state index is 12.1. The molecule has 1 aliphatic heterocycles. The number of nitrogens with one attached hydrogen (secondary N) is 2. The van der Waals surface area contributed by atoms with Gasteiger partial charge in [0.15, 0.2) is 12.1 Å². The van der Waals surface area contributed by atoms with Crippen molar-refractivity contribution in [3.63, 3.8) is 0 Å². The van der Waals surface area contributed by atoms with E-state index in [1.807, 2.05) is 44.2 Å². The molecule has 1 heterocycles. The summed E-state index contributed by atoms with van der Waals surface area (Å²) < 4.78 is 5.18. The van der Waals surface area contributed by atoms with Gasteiger partial charge in [0.05, 0.1) is 0 Å². The Hall–Kier alpha value is -2.04. The Morgan fingerprint density at radius 2 is 2.05 bits per heavy atom. The molecule has 2 unspecified atom stereocenters. The molecule has 5 heteroatoms. The van der Waals surface area contributed by atoms with Crippen molar-refractivity contribution >= 4 is 12.0 Å². The average Bonchev–Trinajstić information content (AvgIpc) is 2.79. The molecule has 0 saturated carbocycles. The van der Waals surface area contributed by atoms with Crippen molar-refractivity contribution in [3.8, 4) is 0 Å². The molecule has 2 atom stereocenters. The van der Waals surface area contributed by atoms with Crippen molar-refractivity contribution in [3.05, 3.63) is 35.9 Å². The highest BCUT2D eigenvalue weighted by Crippen LogP contribution is 2.26. The molecular weight excluding hydrogens is 244 g/mol. The summed E-state index contributed by atoms with van der Waals surface area (Å²) in [6.07, 6.45) is -1.13. The molecule has 19 heavy (non-hydrogen) atoms. The van der Waals surface area contributed by atoms with E-state index in [0.29, 0.717) is 12.5 Å². The Bertz CT molecular complexity index is 459. The van der Waals surface area contributed by atoms with E-state index < -0.39 is 18.2 Å². The Balaban J connectivity index is 2.09. The van der Waals surface area contributed by atoms with Crippen LogP contribution >= 0.6 is 0 Å². The Morgan fingerprint density at radius 1 is 1.37 bits per heavy atom. The number of carbonyl (C=O) groups is 2. The number of amides is 2. The standard InChI is InChI=1S/C14H18N2O3/c1-9(2)8-15-13(17)11-12(19-14(18)16-11)10-6-4-3-5-7-10/h3-7,9,11-12H,8H2,1-2H3,(H,15,17)(H,16,18). The molecule has 1 fully saturated rings. The third-order valence-electron chi connectivity index (χ3n) is 2.91. The molecule has 0 radical (unpaired) electrons. The summed E-state index contributed by atoms with van der Waals surface area (Å²) in [5.41, 5.74) is 0.811. The fourth-order valence-electron chi connectivity index (χ4n) is 1.94. The summed E-state index contributed by atoms with van der Waals surface area (Å²) in [5.74, 6) is 0.144. The maximum Gasteiger partial charge on any atom is 0.408 e. The minimum absolute atomic E-state index is 0.214. The smallest absolute Gasteiger partial charge is 0.408 e. The molecule has 1 aromatic carbocycles. The van der Waals surface area contributed by atoms with E-state index in [9.17, 15) is 9.59 Å². The number of alkyl carbamates (subject to hydrolysis) is 1. The van der Waals surface area contributed by atoms with Gasteiger partial charge in [-0.25, -0.2) is 4.79 Å². The third kappa shape index (κ3) is 3.24. The maximum atomic E-state index is 12.1. The van der Waals surface area contributed by atoms with Gasteiger partial charge in [-0.05, 0) is 11.5 Å². The predicted octanol–water partition coefficient (Wildman–Crippen LogP) is 1.61. The number of carbonyl (C=O) groups excluding carboxylic acids is 2. The van der Waals surface area contributed by atoms with Crippen LogP contribution in [0.4, 0.5) is 4.79 Å². The van der Waals surface area contributed by atoms with Crippen LogP contribution in [-0.2, 0) is 9.53 Å². The van der Waals surface area contributed by atoms with Crippen LogP contribution < -0.4 is 10.6 Å². The molecule has 1 aromatic rings. The highest BCUT2D eigenvalue weighted by atomic mass is 16.6. The molecule has 0 aromatic heterocycles. The topological polar surface area (TPSA) is 67.4 Å². The normalized spacial score (nSPS) is 21.9. The van der Waals surface area contributed by atoms with Crippen molar-refractivity contribution in [2.45, 2.75) is 26.0 Å². The highest BCUT2D eigenvalue weighted by molar-refractivity contribution is 5.88. The molecule has 1 aliphatic rings. The van der Waals surface area contributed by atoms with Gasteiger partial charge >= 0.3 is 6.09 Å². The number of cyclic esters (lactones) is 1. The molecule has 2 N–H and O–H groups in total. The van der Waals surface area contributed by atoms with Gasteiger partial charge in [0, 0.05) is 6.54 Å². The SMILES string of the molecule is CC(C)CNC(=O)C1NC(=O)OC1c1ccccc1. The van der Waals surface area contributed by atoms with Crippen LogP contribution in [0.25, 0.3) is 0 Å². The monoisotopic (exact) mass is 262 g/mol. The number of hydrogen-bond acceptors (Lipinski definition) is 3. The minimum atomic E-state index is -0.673. The van der Waals surface area contributed by atoms with Gasteiger partial charge in [-0.1, -0.05) is 44.2 Å². The molecule has 0 bridgehead atoms. The number of rotatable bonds is 4. The quantitative estimate of drug-likeness (QED) is 0.866. The molecule has 0 aliphatic carbocycles. The van der Waals surface area contributed by atoms with Crippen LogP contribution in [0.2, 0.25) is 0 Å². The summed E-state index contributed by atoms with van der Waals surface area (Å²) in [4.78, 5) is 23.4. The number of benzene rings is 1. The lowest BCUT2D eigenvalue weighted by atomic mass is 10.0. The van der Waals surface area contributed by atoms with Crippen LogP contribution in [-0.4, -0.2) is 24.6 Å². The van der Waals surface area contributed by atoms with Crippen molar-refractivity contribution in [2.75, 3.05) is 6.54 Å². The second-order valence-electron chi connectivity index (χ2n) is 5.00. The molecule has 0 spiro atoms. The van der Waals surface area contributed by atoms with Gasteiger partial charge in [0.1, 0.15) is 0 Å². The molecular formula is C14H18N2O3. The van der Waals surface area contributed by atoms with Crippen molar-refractivity contribution < 1.29 is 14.3 Å². The fraction of sp³-hybridized carbons (Fsp3) is 0.429. The Labute approximate surface area is 112 Å². The summed E-state index contributed by atoms with van der Waals surface area (Å²) >= 11 is 0. The lowest BCUT2D eigenvalue weighted by molar-refractivity contribution is -0.124. The minimum Gasteiger partial charge on any atom is -0.439 e. The van der Waals surface area contributed by atoms with Crippen LogP contribution in [0.5, 0.6) is 0 Å². The Kier molecular flexibility index (Phi) is 4.04. The number of ether oxygens (including phenoxy) is 1. The molecule has 1 saturated heterocycles. The zero-order chi connectivity index (χ0) is 13.8. The van der Waals surface area contributed by atoms with Crippen molar-refractivity contribution in [1.82, 2.24) is 10.6 Å². The fourth-order valence-corrected chi connectivity index (χ4v) is 1.94. The third-order valence-corrected chi connectivity index (χ3v) is 2.91. The second kappa shape index (κ2) is 5.73. The number of hydrogen-bond donors (Lipinski definition) is 2. The summed E-state index contributed by atoms with van der Waals surface area (Å²) in [6.45, 7) is 4.60. The van der Waals surface area contributed by atoms with Gasteiger partial charge < -0.3 is 15.4 Å². The van der Waals surface area contributed by atoms with Gasteiger partial charge in [-0.15, -0.1) is 0 Å². The highest BCUT2D eigenvalue weighted by Gasteiger charge is 2.39. The zero-order valence-electron chi connectivity index (χ0n) is 11.1. The molecule has 102 valence electrons. The van der Waals surface area contributed by atoms with E-state index in [1.54, 1.807) is 0 Å². The van der Waals surface area contributed by atoms with Gasteiger partial charge in [0.25, 0.3) is 0 Å². The zero-order valence-corrected chi connectivity index (χ0v) is 11.1. The lowest BCUT2D eigenvalue weighted by Gasteiger charge is -2.17. The molecule has 5 nitrogen and oxygen atoms in total. The average molecular weight is 262 g/mol. The summed E-state index contributed by atoms with van der Waals surface area (Å²) in [6, 6.07) is 8.59. The first-order chi connectivity index (χ1) is 9.08. The summed E-state index contributed by atoms with van der Waals surface area (Å²) in [5, 5.41) is 5.36. The first-order valence-electron chi connectivity index (χ1n) is 6.37. The van der Waals surface area contributed by atoms with E-state index in [-0.39, 0.29) is 5.91 Å². The molecule has 2 amide bonds. The van der Waals surface area contributed by atoms with Crippen LogP contribution in [0, 0.1) is 5.92 Å². The van der Waals surface area contributed by atoms with Crippen LogP contribution in [0.1, 0.15) is 25.5 Å². The van der Waals surface area contributed by atoms with E-state index in [2.05, 4.69) is 10.6 Å². The van der Waals surface area contributed by atoms with Crippen LogP contribution in [0.15, 0.2) is 30.3 Å². The van der Waals surface area contributed by atoms with E-state index in [4.69, 9.17) is 4.74 Å². The van der Waals surface area contributed by atoms with Crippen molar-refractivity contribution in [1.29, 1.82) is 0 Å². The van der Waals surface area contributed by atoms with E-state index in [1.165, 1.54) is 0 Å². The largest absolute Gasteiger partial charge is 0.439 e. The summed E-state index contributed by atoms with van der Waals surface area (Å²) in [7, 11) is 0. The van der Waals surface area contributed by atoms with Gasteiger partial charge in [0.2, 0.25) is 5.91 Å². The van der Waals surface area contributed by atoms with Gasteiger partial charge in [-0.2, -0.15) is 0 Å². The van der Waals surface area contributed by atoms with E-state index in [0.717, 1.165) is 5.56 Å². The van der Waals surface area contributed by atoms with Gasteiger partial charge in [-0.3, -0.25) is 4.79 Å². The van der Waals surface area contributed by atoms with Crippen molar-refractivity contribution in [2.24, 2.45) is 5.92 Å². The first kappa shape index (κ1) is 13.4. The first-order valence-corrected chi connectivity index (χ1v) is 6.37. The predicted molar refractivity (Wildman–Crippen MR) is 70.4 cm³/mol. The van der Waals surface area contributed by atoms with Crippen LogP contribution in [0.3, 0.4) is 0 Å².